The van der Waals surface area contributed by atoms with Crippen molar-refractivity contribution in [2.45, 2.75) is 0 Å². The van der Waals surface area contributed by atoms with E-state index in [4.69, 9.17) is 5.73 Å². The number of carbonyl (C=O) groups excluding carboxylic acids is 1. The maximum absolute atomic E-state index is 10.8. The first-order valence-corrected chi connectivity index (χ1v) is 5.45. The summed E-state index contributed by atoms with van der Waals surface area (Å²) in [6, 6.07) is 5.72. The minimum Gasteiger partial charge on any atom is -0.365 e. The molecule has 2 heterocycles. The average molecular weight is 209 g/mol. The van der Waals surface area contributed by atoms with Crippen molar-refractivity contribution in [2.75, 3.05) is 0 Å². The highest BCUT2D eigenvalue weighted by atomic mass is 32.1. The van der Waals surface area contributed by atoms with Gasteiger partial charge in [0.2, 0.25) is 0 Å². The van der Waals surface area contributed by atoms with Crippen LogP contribution in [-0.2, 0) is 0 Å². The summed E-state index contributed by atoms with van der Waals surface area (Å²) in [6.45, 7) is 0. The van der Waals surface area contributed by atoms with Crippen molar-refractivity contribution in [3.63, 3.8) is 0 Å². The fraction of sp³-hybridized carbons (Fsp3) is 0. The van der Waals surface area contributed by atoms with Gasteiger partial charge in [-0.05, 0) is 29.0 Å². The van der Waals surface area contributed by atoms with Gasteiger partial charge >= 0.3 is 0 Å². The Morgan fingerprint density at radius 3 is 2.69 bits per heavy atom. The van der Waals surface area contributed by atoms with Gasteiger partial charge in [-0.3, -0.25) is 4.79 Å². The minimum absolute atomic E-state index is 0.355. The van der Waals surface area contributed by atoms with Gasteiger partial charge in [-0.15, -0.1) is 11.3 Å². The van der Waals surface area contributed by atoms with E-state index in [2.05, 4.69) is 5.38 Å². The van der Waals surface area contributed by atoms with E-state index in [1.807, 2.05) is 17.5 Å². The second kappa shape index (κ2) is 3.32. The zero-order valence-corrected chi connectivity index (χ0v) is 8.32. The van der Waals surface area contributed by atoms with Crippen LogP contribution >= 0.6 is 22.7 Å². The summed E-state index contributed by atoms with van der Waals surface area (Å²) in [5.74, 6) is -0.355. The predicted octanol–water partition coefficient (Wildman–Crippen LogP) is 2.58. The molecule has 2 N–H and O–H groups in total. The molecule has 0 radical (unpaired) electrons. The van der Waals surface area contributed by atoms with Gasteiger partial charge in [0.1, 0.15) is 0 Å². The quantitative estimate of drug-likeness (QED) is 0.811. The zero-order chi connectivity index (χ0) is 9.26. The van der Waals surface area contributed by atoms with Crippen LogP contribution in [0.1, 0.15) is 9.67 Å². The monoisotopic (exact) mass is 209 g/mol. The summed E-state index contributed by atoms with van der Waals surface area (Å²) in [5.41, 5.74) is 6.31. The second-order valence-electron chi connectivity index (χ2n) is 2.54. The molecule has 0 aliphatic carbocycles. The fourth-order valence-electron chi connectivity index (χ4n) is 1.03. The molecule has 0 aromatic carbocycles. The summed E-state index contributed by atoms with van der Waals surface area (Å²) < 4.78 is 0. The first-order chi connectivity index (χ1) is 6.27. The molecule has 1 amide bonds. The molecular weight excluding hydrogens is 202 g/mol. The van der Waals surface area contributed by atoms with Crippen molar-refractivity contribution < 1.29 is 4.79 Å². The van der Waals surface area contributed by atoms with E-state index in [1.54, 1.807) is 17.4 Å². The minimum atomic E-state index is -0.355. The number of primary amides is 1. The lowest BCUT2D eigenvalue weighted by Crippen LogP contribution is -2.07. The maximum Gasteiger partial charge on any atom is 0.258 e. The number of thiophene rings is 2. The van der Waals surface area contributed by atoms with E-state index >= 15 is 0 Å². The number of hydrogen-bond acceptors (Lipinski definition) is 3. The summed E-state index contributed by atoms with van der Waals surface area (Å²) in [7, 11) is 0. The van der Waals surface area contributed by atoms with E-state index in [0.717, 1.165) is 10.4 Å². The lowest BCUT2D eigenvalue weighted by Gasteiger charge is -1.87. The van der Waals surface area contributed by atoms with Crippen molar-refractivity contribution in [1.29, 1.82) is 0 Å². The topological polar surface area (TPSA) is 43.1 Å². The molecule has 2 rings (SSSR count). The van der Waals surface area contributed by atoms with Crippen LogP contribution in [0.3, 0.4) is 0 Å². The van der Waals surface area contributed by atoms with E-state index in [-0.39, 0.29) is 5.91 Å². The largest absolute Gasteiger partial charge is 0.365 e. The SMILES string of the molecule is NC(=O)c1ccc(-c2ccsc2)s1. The molecular formula is C9H7NOS2. The van der Waals surface area contributed by atoms with E-state index in [1.165, 1.54) is 11.3 Å². The molecule has 2 nitrogen and oxygen atoms in total. The van der Waals surface area contributed by atoms with Gasteiger partial charge in [0.25, 0.3) is 5.91 Å². The third-order valence-corrected chi connectivity index (χ3v) is 3.49. The third-order valence-electron chi connectivity index (χ3n) is 1.65. The van der Waals surface area contributed by atoms with Crippen LogP contribution in [0.5, 0.6) is 0 Å². The van der Waals surface area contributed by atoms with Crippen molar-refractivity contribution >= 4 is 28.6 Å². The Morgan fingerprint density at radius 2 is 2.15 bits per heavy atom. The molecule has 2 aromatic rings. The Morgan fingerprint density at radius 1 is 1.31 bits per heavy atom. The molecule has 0 aliphatic rings. The Hall–Kier alpha value is -1.13. The van der Waals surface area contributed by atoms with Crippen LogP contribution in [0.15, 0.2) is 29.0 Å². The lowest BCUT2D eigenvalue weighted by atomic mass is 10.3. The number of amides is 1. The highest BCUT2D eigenvalue weighted by Crippen LogP contribution is 2.29. The smallest absolute Gasteiger partial charge is 0.258 e. The molecule has 0 saturated carbocycles. The Labute approximate surface area is 83.6 Å². The molecule has 2 aromatic heterocycles. The van der Waals surface area contributed by atoms with Crippen LogP contribution in [0, 0.1) is 0 Å². The summed E-state index contributed by atoms with van der Waals surface area (Å²) >= 11 is 3.07. The number of nitrogens with two attached hydrogens (primary N) is 1. The van der Waals surface area contributed by atoms with Gasteiger partial charge < -0.3 is 5.73 Å². The predicted molar refractivity (Wildman–Crippen MR) is 56.1 cm³/mol. The van der Waals surface area contributed by atoms with Crippen LogP contribution in [-0.4, -0.2) is 5.91 Å². The average Bonchev–Trinajstić information content (AvgIpc) is 2.75. The zero-order valence-electron chi connectivity index (χ0n) is 6.69. The first kappa shape index (κ1) is 8.47. The molecule has 0 saturated heterocycles. The van der Waals surface area contributed by atoms with E-state index in [0.29, 0.717) is 4.88 Å². The van der Waals surface area contributed by atoms with Crippen molar-refractivity contribution in [3.8, 4) is 10.4 Å². The fourth-order valence-corrected chi connectivity index (χ4v) is 2.62. The van der Waals surface area contributed by atoms with Gasteiger partial charge in [-0.2, -0.15) is 11.3 Å². The van der Waals surface area contributed by atoms with Gasteiger partial charge in [0, 0.05) is 10.4 Å². The van der Waals surface area contributed by atoms with Crippen molar-refractivity contribution in [2.24, 2.45) is 5.73 Å². The molecule has 66 valence electrons. The first-order valence-electron chi connectivity index (χ1n) is 3.69. The molecule has 13 heavy (non-hydrogen) atoms. The summed E-state index contributed by atoms with van der Waals surface area (Å²) in [5, 5.41) is 4.07. The Bertz CT molecular complexity index is 417. The standard InChI is InChI=1S/C9H7NOS2/c10-9(11)8-2-1-7(13-8)6-3-4-12-5-6/h1-5H,(H2,10,11). The third kappa shape index (κ3) is 1.64. The highest BCUT2D eigenvalue weighted by molar-refractivity contribution is 7.17. The maximum atomic E-state index is 10.8. The molecule has 0 atom stereocenters. The molecule has 4 heteroatoms. The van der Waals surface area contributed by atoms with Gasteiger partial charge in [-0.25, -0.2) is 0 Å². The molecule has 0 fully saturated rings. The van der Waals surface area contributed by atoms with E-state index in [9.17, 15) is 4.79 Å². The Balaban J connectivity index is 2.39. The van der Waals surface area contributed by atoms with Crippen LogP contribution < -0.4 is 5.73 Å². The normalized spacial score (nSPS) is 10.2. The second-order valence-corrected chi connectivity index (χ2v) is 4.40. The molecule has 0 aliphatic heterocycles. The van der Waals surface area contributed by atoms with Crippen molar-refractivity contribution in [1.82, 2.24) is 0 Å². The van der Waals surface area contributed by atoms with Crippen molar-refractivity contribution in [3.05, 3.63) is 33.8 Å². The van der Waals surface area contributed by atoms with Crippen LogP contribution in [0.2, 0.25) is 0 Å². The van der Waals surface area contributed by atoms with Crippen LogP contribution in [0.4, 0.5) is 0 Å². The molecule has 0 unspecified atom stereocenters. The van der Waals surface area contributed by atoms with Gasteiger partial charge in [-0.1, -0.05) is 0 Å². The number of hydrogen-bond donors (Lipinski definition) is 1. The van der Waals surface area contributed by atoms with Crippen LogP contribution in [0.25, 0.3) is 10.4 Å². The highest BCUT2D eigenvalue weighted by Gasteiger charge is 2.06. The summed E-state index contributed by atoms with van der Waals surface area (Å²) in [4.78, 5) is 12.5. The Kier molecular flexibility index (Phi) is 2.16. The van der Waals surface area contributed by atoms with E-state index < -0.39 is 0 Å². The van der Waals surface area contributed by atoms with Gasteiger partial charge in [0.15, 0.2) is 0 Å². The van der Waals surface area contributed by atoms with Gasteiger partial charge in [0.05, 0.1) is 4.88 Å². The lowest BCUT2D eigenvalue weighted by molar-refractivity contribution is 0.100. The number of rotatable bonds is 2. The molecule has 0 spiro atoms. The summed E-state index contributed by atoms with van der Waals surface area (Å²) in [6.07, 6.45) is 0. The number of carbonyl (C=O) groups is 1. The molecule has 0 bridgehead atoms.